The predicted molar refractivity (Wildman–Crippen MR) is 63.8 cm³/mol. The first kappa shape index (κ1) is 16.4. The van der Waals surface area contributed by atoms with Crippen LogP contribution in [0.25, 0.3) is 0 Å². The summed E-state index contributed by atoms with van der Waals surface area (Å²) in [5.41, 5.74) is 0. The van der Waals surface area contributed by atoms with E-state index in [0.29, 0.717) is 0 Å². The SMILES string of the molecule is C=CCCC(SCC=CC)=[N+](C)C.[Br-]. The number of hydrogen-bond donors (Lipinski definition) is 0. The largest absolute Gasteiger partial charge is 1.00 e. The maximum absolute atomic E-state index is 3.73. The van der Waals surface area contributed by atoms with E-state index in [1.807, 2.05) is 17.8 Å². The Morgan fingerprint density at radius 2 is 2.07 bits per heavy atom. The van der Waals surface area contributed by atoms with Gasteiger partial charge in [-0.25, -0.2) is 4.58 Å². The van der Waals surface area contributed by atoms with Gasteiger partial charge in [-0.3, -0.25) is 0 Å². The van der Waals surface area contributed by atoms with Gasteiger partial charge in [0, 0.05) is 12.2 Å². The Labute approximate surface area is 103 Å². The molecule has 14 heavy (non-hydrogen) atoms. The highest BCUT2D eigenvalue weighted by atomic mass is 79.9. The molecular formula is C11H20BrNS. The number of thioether (sulfide) groups is 1. The van der Waals surface area contributed by atoms with Gasteiger partial charge in [0.05, 0.1) is 0 Å². The van der Waals surface area contributed by atoms with E-state index in [0.717, 1.165) is 18.6 Å². The lowest BCUT2D eigenvalue weighted by Crippen LogP contribution is -3.00. The van der Waals surface area contributed by atoms with E-state index in [1.54, 1.807) is 0 Å². The molecule has 0 saturated heterocycles. The Morgan fingerprint density at radius 1 is 1.43 bits per heavy atom. The van der Waals surface area contributed by atoms with Gasteiger partial charge in [0.1, 0.15) is 14.1 Å². The van der Waals surface area contributed by atoms with Crippen molar-refractivity contribution < 1.29 is 21.6 Å². The molecule has 0 aliphatic carbocycles. The minimum atomic E-state index is 0. The Balaban J connectivity index is 0. The molecule has 0 fully saturated rings. The van der Waals surface area contributed by atoms with Crippen molar-refractivity contribution in [2.45, 2.75) is 19.8 Å². The lowest BCUT2D eigenvalue weighted by molar-refractivity contribution is -0.462. The van der Waals surface area contributed by atoms with Gasteiger partial charge in [0.2, 0.25) is 5.04 Å². The van der Waals surface area contributed by atoms with Gasteiger partial charge >= 0.3 is 0 Å². The van der Waals surface area contributed by atoms with Crippen LogP contribution in [0, 0.1) is 0 Å². The molecule has 0 N–H and O–H groups in total. The molecule has 0 rings (SSSR count). The molecule has 0 aromatic rings. The van der Waals surface area contributed by atoms with Crippen molar-refractivity contribution in [2.75, 3.05) is 19.8 Å². The van der Waals surface area contributed by atoms with Crippen LogP contribution in [0.3, 0.4) is 0 Å². The molecule has 0 aromatic heterocycles. The van der Waals surface area contributed by atoms with E-state index in [4.69, 9.17) is 0 Å². The second-order valence-corrected chi connectivity index (χ2v) is 4.09. The first-order valence-electron chi connectivity index (χ1n) is 4.60. The molecule has 0 aromatic carbocycles. The number of hydrogen-bond acceptors (Lipinski definition) is 1. The van der Waals surface area contributed by atoms with Gasteiger partial charge < -0.3 is 17.0 Å². The quantitative estimate of drug-likeness (QED) is 0.295. The van der Waals surface area contributed by atoms with Gasteiger partial charge in [-0.15, -0.1) is 6.58 Å². The Morgan fingerprint density at radius 3 is 2.50 bits per heavy atom. The molecular weight excluding hydrogens is 258 g/mol. The van der Waals surface area contributed by atoms with E-state index in [-0.39, 0.29) is 17.0 Å². The highest BCUT2D eigenvalue weighted by molar-refractivity contribution is 8.13. The molecule has 0 saturated carbocycles. The second kappa shape index (κ2) is 11.1. The minimum absolute atomic E-state index is 0. The molecule has 0 aliphatic heterocycles. The zero-order valence-corrected chi connectivity index (χ0v) is 11.7. The van der Waals surface area contributed by atoms with Crippen molar-refractivity contribution in [1.29, 1.82) is 0 Å². The maximum atomic E-state index is 3.73. The van der Waals surface area contributed by atoms with Gasteiger partial charge in [0.25, 0.3) is 0 Å². The number of nitrogens with zero attached hydrogens (tertiary/aromatic N) is 1. The van der Waals surface area contributed by atoms with E-state index >= 15 is 0 Å². The van der Waals surface area contributed by atoms with Crippen LogP contribution in [0.15, 0.2) is 24.8 Å². The topological polar surface area (TPSA) is 3.01 Å². The van der Waals surface area contributed by atoms with Crippen LogP contribution in [0.4, 0.5) is 0 Å². The van der Waals surface area contributed by atoms with E-state index in [2.05, 4.69) is 44.3 Å². The zero-order chi connectivity index (χ0) is 10.1. The summed E-state index contributed by atoms with van der Waals surface area (Å²) in [5.74, 6) is 1.07. The van der Waals surface area contributed by atoms with Crippen molar-refractivity contribution in [3.63, 3.8) is 0 Å². The van der Waals surface area contributed by atoms with Crippen LogP contribution in [0.5, 0.6) is 0 Å². The molecule has 0 amide bonds. The summed E-state index contributed by atoms with van der Waals surface area (Å²) in [6.07, 6.45) is 8.42. The smallest absolute Gasteiger partial charge is 0.210 e. The minimum Gasteiger partial charge on any atom is -1.00 e. The summed E-state index contributed by atoms with van der Waals surface area (Å²) < 4.78 is 2.19. The molecule has 3 heteroatoms. The normalized spacial score (nSPS) is 9.64. The Hall–Kier alpha value is -0.0200. The van der Waals surface area contributed by atoms with Gasteiger partial charge in [-0.2, -0.15) is 0 Å². The first-order chi connectivity index (χ1) is 6.22. The maximum Gasteiger partial charge on any atom is 0.210 e. The fraction of sp³-hybridized carbons (Fsp3) is 0.545. The molecule has 82 valence electrons. The van der Waals surface area contributed by atoms with Crippen molar-refractivity contribution in [3.8, 4) is 0 Å². The number of rotatable bonds is 5. The van der Waals surface area contributed by atoms with Crippen molar-refractivity contribution in [2.24, 2.45) is 0 Å². The average Bonchev–Trinajstić information content (AvgIpc) is 2.10. The Bertz CT molecular complexity index is 205. The molecule has 0 aliphatic rings. The van der Waals surface area contributed by atoms with Gasteiger partial charge in [-0.1, -0.05) is 30.0 Å². The third kappa shape index (κ3) is 8.57. The van der Waals surface area contributed by atoms with E-state index in [1.165, 1.54) is 5.04 Å². The lowest BCUT2D eigenvalue weighted by Gasteiger charge is -1.99. The van der Waals surface area contributed by atoms with Crippen LogP contribution in [-0.2, 0) is 0 Å². The molecule has 1 nitrogen and oxygen atoms in total. The van der Waals surface area contributed by atoms with Crippen molar-refractivity contribution in [3.05, 3.63) is 24.8 Å². The van der Waals surface area contributed by atoms with Crippen LogP contribution in [0.2, 0.25) is 0 Å². The monoisotopic (exact) mass is 277 g/mol. The molecule has 0 heterocycles. The van der Waals surface area contributed by atoms with Gasteiger partial charge in [-0.05, 0) is 13.3 Å². The molecule has 0 bridgehead atoms. The number of allylic oxidation sites excluding steroid dienone is 2. The molecule has 0 spiro atoms. The molecule has 0 radical (unpaired) electrons. The average molecular weight is 278 g/mol. The second-order valence-electron chi connectivity index (χ2n) is 3.00. The summed E-state index contributed by atoms with van der Waals surface area (Å²) in [4.78, 5) is 0. The van der Waals surface area contributed by atoms with Crippen LogP contribution < -0.4 is 17.0 Å². The van der Waals surface area contributed by atoms with Crippen LogP contribution in [0.1, 0.15) is 19.8 Å². The zero-order valence-electron chi connectivity index (χ0n) is 9.29. The van der Waals surface area contributed by atoms with Gasteiger partial charge in [0.15, 0.2) is 0 Å². The van der Waals surface area contributed by atoms with Crippen LogP contribution in [-0.4, -0.2) is 29.5 Å². The molecule has 0 unspecified atom stereocenters. The third-order valence-electron chi connectivity index (χ3n) is 1.64. The van der Waals surface area contributed by atoms with Crippen molar-refractivity contribution in [1.82, 2.24) is 0 Å². The van der Waals surface area contributed by atoms with E-state index < -0.39 is 0 Å². The summed E-state index contributed by atoms with van der Waals surface area (Å²) in [6, 6.07) is 0. The fourth-order valence-electron chi connectivity index (χ4n) is 0.891. The summed E-state index contributed by atoms with van der Waals surface area (Å²) in [6.45, 7) is 5.79. The lowest BCUT2D eigenvalue weighted by atomic mass is 10.3. The summed E-state index contributed by atoms with van der Waals surface area (Å²) in [7, 11) is 4.20. The summed E-state index contributed by atoms with van der Waals surface area (Å²) in [5, 5.41) is 1.43. The van der Waals surface area contributed by atoms with E-state index in [9.17, 15) is 0 Å². The van der Waals surface area contributed by atoms with Crippen LogP contribution >= 0.6 is 11.8 Å². The Kier molecular flexibility index (Phi) is 13.0. The highest BCUT2D eigenvalue weighted by Crippen LogP contribution is 2.09. The number of halogens is 1. The predicted octanol–water partition coefficient (Wildman–Crippen LogP) is -0.0635. The van der Waals surface area contributed by atoms with Crippen molar-refractivity contribution >= 4 is 16.8 Å². The standard InChI is InChI=1S/C11H20NS.BrH/c1-5-7-9-11(12(3)4)13-10-8-6-2;/h5-6,8H,1,7,9-10H2,2-4H3;1H/q+1;/p-1. The first-order valence-corrected chi connectivity index (χ1v) is 5.59. The fourth-order valence-corrected chi connectivity index (χ4v) is 1.89. The summed E-state index contributed by atoms with van der Waals surface area (Å²) >= 11 is 1.90. The highest BCUT2D eigenvalue weighted by Gasteiger charge is 2.05. The third-order valence-corrected chi connectivity index (χ3v) is 2.90. The molecule has 0 atom stereocenters.